The van der Waals surface area contributed by atoms with Gasteiger partial charge in [0, 0.05) is 12.6 Å². The number of benzene rings is 1. The summed E-state index contributed by atoms with van der Waals surface area (Å²) in [5, 5.41) is 0. The predicted octanol–water partition coefficient (Wildman–Crippen LogP) is 1.93. The van der Waals surface area contributed by atoms with Crippen LogP contribution in [0.2, 0.25) is 0 Å². The number of para-hydroxylation sites is 2. The Balaban J connectivity index is 1.97. The van der Waals surface area contributed by atoms with Gasteiger partial charge in [-0.2, -0.15) is 0 Å². The third-order valence-electron chi connectivity index (χ3n) is 3.10. The zero-order valence-electron chi connectivity index (χ0n) is 10.8. The van der Waals surface area contributed by atoms with Crippen LogP contribution in [0.15, 0.2) is 24.3 Å². The van der Waals surface area contributed by atoms with Crippen molar-refractivity contribution in [2.45, 2.75) is 32.2 Å². The fourth-order valence-electron chi connectivity index (χ4n) is 2.14. The van der Waals surface area contributed by atoms with Gasteiger partial charge in [-0.3, -0.25) is 4.79 Å². The first-order valence-electron chi connectivity index (χ1n) is 6.46. The van der Waals surface area contributed by atoms with Gasteiger partial charge in [0.15, 0.2) is 6.61 Å². The molecule has 2 rings (SSSR count). The topological polar surface area (TPSA) is 55.6 Å². The number of nitrogens with zero attached hydrogens (tertiary/aromatic N) is 1. The highest BCUT2D eigenvalue weighted by atomic mass is 16.5. The summed E-state index contributed by atoms with van der Waals surface area (Å²) in [5.74, 6) is 0.832. The van der Waals surface area contributed by atoms with Crippen molar-refractivity contribution >= 4 is 11.6 Å². The lowest BCUT2D eigenvalue weighted by Gasteiger charge is -2.29. The smallest absolute Gasteiger partial charge is 0.265 e. The van der Waals surface area contributed by atoms with Crippen LogP contribution >= 0.6 is 0 Å². The molecule has 1 aromatic carbocycles. The molecular formula is C14H20N2O2. The second-order valence-electron chi connectivity index (χ2n) is 4.77. The van der Waals surface area contributed by atoms with Gasteiger partial charge in [0.25, 0.3) is 5.91 Å². The number of hydrogen-bond acceptors (Lipinski definition) is 3. The lowest BCUT2D eigenvalue weighted by Crippen LogP contribution is -2.39. The first kappa shape index (κ1) is 12.9. The summed E-state index contributed by atoms with van der Waals surface area (Å²) in [6, 6.07) is 7.91. The largest absolute Gasteiger partial charge is 0.482 e. The van der Waals surface area contributed by atoms with E-state index in [0.717, 1.165) is 37.2 Å². The molecule has 0 spiro atoms. The summed E-state index contributed by atoms with van der Waals surface area (Å²) < 4.78 is 5.40. The van der Waals surface area contributed by atoms with Crippen LogP contribution in [0.25, 0.3) is 0 Å². The average molecular weight is 248 g/mol. The van der Waals surface area contributed by atoms with E-state index in [0.29, 0.717) is 0 Å². The van der Waals surface area contributed by atoms with Gasteiger partial charge in [0.2, 0.25) is 0 Å². The van der Waals surface area contributed by atoms with Gasteiger partial charge in [-0.15, -0.1) is 0 Å². The zero-order chi connectivity index (χ0) is 13.0. The molecule has 1 aliphatic heterocycles. The van der Waals surface area contributed by atoms with Crippen molar-refractivity contribution in [1.82, 2.24) is 0 Å². The Labute approximate surface area is 108 Å². The van der Waals surface area contributed by atoms with Crippen molar-refractivity contribution in [2.24, 2.45) is 5.73 Å². The Kier molecular flexibility index (Phi) is 4.20. The van der Waals surface area contributed by atoms with Crippen molar-refractivity contribution in [3.63, 3.8) is 0 Å². The van der Waals surface area contributed by atoms with Crippen LogP contribution in [0.3, 0.4) is 0 Å². The number of hydrogen-bond donors (Lipinski definition) is 1. The molecule has 0 bridgehead atoms. The molecule has 18 heavy (non-hydrogen) atoms. The average Bonchev–Trinajstić information content (AvgIpc) is 2.36. The molecule has 0 radical (unpaired) electrons. The maximum Gasteiger partial charge on any atom is 0.265 e. The van der Waals surface area contributed by atoms with Crippen LogP contribution in [0, 0.1) is 0 Å². The molecule has 0 aromatic heterocycles. The quantitative estimate of drug-likeness (QED) is 0.810. The molecule has 0 fully saturated rings. The molecule has 98 valence electrons. The fourth-order valence-corrected chi connectivity index (χ4v) is 2.14. The third kappa shape index (κ3) is 3.01. The number of ether oxygens (including phenoxy) is 1. The molecule has 1 atom stereocenters. The van der Waals surface area contributed by atoms with Crippen LogP contribution in [-0.2, 0) is 4.79 Å². The normalized spacial score (nSPS) is 16.1. The van der Waals surface area contributed by atoms with Crippen molar-refractivity contribution in [1.29, 1.82) is 0 Å². The predicted molar refractivity (Wildman–Crippen MR) is 71.8 cm³/mol. The van der Waals surface area contributed by atoms with Crippen molar-refractivity contribution < 1.29 is 9.53 Å². The summed E-state index contributed by atoms with van der Waals surface area (Å²) in [5.41, 5.74) is 6.60. The molecule has 0 aliphatic carbocycles. The molecule has 2 N–H and O–H groups in total. The van der Waals surface area contributed by atoms with E-state index in [1.54, 1.807) is 0 Å². The SMILES string of the molecule is CC(N)CCCCN1C(=O)COc2ccccc21. The van der Waals surface area contributed by atoms with E-state index in [4.69, 9.17) is 10.5 Å². The first-order valence-corrected chi connectivity index (χ1v) is 6.46. The summed E-state index contributed by atoms with van der Waals surface area (Å²) in [6.45, 7) is 2.89. The summed E-state index contributed by atoms with van der Waals surface area (Å²) >= 11 is 0. The number of carbonyl (C=O) groups is 1. The Morgan fingerprint density at radius 1 is 1.39 bits per heavy atom. The highest BCUT2D eigenvalue weighted by molar-refractivity contribution is 5.97. The fraction of sp³-hybridized carbons (Fsp3) is 0.500. The second kappa shape index (κ2) is 5.87. The lowest BCUT2D eigenvalue weighted by molar-refractivity contribution is -0.121. The molecule has 1 heterocycles. The minimum atomic E-state index is 0.0366. The van der Waals surface area contributed by atoms with E-state index >= 15 is 0 Å². The Hall–Kier alpha value is -1.55. The van der Waals surface area contributed by atoms with Gasteiger partial charge < -0.3 is 15.4 Å². The van der Waals surface area contributed by atoms with Crippen molar-refractivity contribution in [2.75, 3.05) is 18.1 Å². The lowest BCUT2D eigenvalue weighted by atomic mass is 10.1. The second-order valence-corrected chi connectivity index (χ2v) is 4.77. The Bertz CT molecular complexity index is 418. The van der Waals surface area contributed by atoms with Gasteiger partial charge in [-0.25, -0.2) is 0 Å². The highest BCUT2D eigenvalue weighted by Crippen LogP contribution is 2.31. The molecule has 0 saturated heterocycles. The number of unbranched alkanes of at least 4 members (excludes halogenated alkanes) is 1. The molecule has 1 amide bonds. The van der Waals surface area contributed by atoms with Gasteiger partial charge in [-0.1, -0.05) is 18.6 Å². The van der Waals surface area contributed by atoms with Crippen LogP contribution < -0.4 is 15.4 Å². The Morgan fingerprint density at radius 3 is 2.94 bits per heavy atom. The summed E-state index contributed by atoms with van der Waals surface area (Å²) in [4.78, 5) is 13.7. The monoisotopic (exact) mass is 248 g/mol. The van der Waals surface area contributed by atoms with Crippen LogP contribution in [0.5, 0.6) is 5.75 Å². The molecule has 1 unspecified atom stereocenters. The van der Waals surface area contributed by atoms with E-state index < -0.39 is 0 Å². The molecule has 4 heteroatoms. The first-order chi connectivity index (χ1) is 8.68. The zero-order valence-corrected chi connectivity index (χ0v) is 10.8. The van der Waals surface area contributed by atoms with Gasteiger partial charge in [-0.05, 0) is 31.9 Å². The van der Waals surface area contributed by atoms with E-state index in [9.17, 15) is 4.79 Å². The molecule has 0 saturated carbocycles. The molecule has 1 aromatic rings. The van der Waals surface area contributed by atoms with Crippen molar-refractivity contribution in [3.8, 4) is 5.75 Å². The maximum atomic E-state index is 11.9. The van der Waals surface area contributed by atoms with Gasteiger partial charge >= 0.3 is 0 Å². The van der Waals surface area contributed by atoms with Crippen LogP contribution in [0.1, 0.15) is 26.2 Å². The standard InChI is InChI=1S/C14H20N2O2/c1-11(15)6-4-5-9-16-12-7-2-3-8-13(12)18-10-14(16)17/h2-3,7-8,11H,4-6,9-10,15H2,1H3. The number of fused-ring (bicyclic) bond motifs is 1. The minimum absolute atomic E-state index is 0.0366. The number of anilines is 1. The van der Waals surface area contributed by atoms with E-state index in [2.05, 4.69) is 0 Å². The molecule has 4 nitrogen and oxygen atoms in total. The number of nitrogens with two attached hydrogens (primary N) is 1. The molecular weight excluding hydrogens is 228 g/mol. The maximum absolute atomic E-state index is 11.9. The van der Waals surface area contributed by atoms with Crippen LogP contribution in [0.4, 0.5) is 5.69 Å². The number of amides is 1. The van der Waals surface area contributed by atoms with Crippen LogP contribution in [-0.4, -0.2) is 25.1 Å². The van der Waals surface area contributed by atoms with E-state index in [1.165, 1.54) is 0 Å². The van der Waals surface area contributed by atoms with Gasteiger partial charge in [0.05, 0.1) is 5.69 Å². The third-order valence-corrected chi connectivity index (χ3v) is 3.10. The van der Waals surface area contributed by atoms with Crippen molar-refractivity contribution in [3.05, 3.63) is 24.3 Å². The van der Waals surface area contributed by atoms with E-state index in [-0.39, 0.29) is 18.6 Å². The highest BCUT2D eigenvalue weighted by Gasteiger charge is 2.24. The number of carbonyl (C=O) groups excluding carboxylic acids is 1. The summed E-state index contributed by atoms with van der Waals surface area (Å²) in [7, 11) is 0. The van der Waals surface area contributed by atoms with Gasteiger partial charge in [0.1, 0.15) is 5.75 Å². The Morgan fingerprint density at radius 2 is 2.17 bits per heavy atom. The minimum Gasteiger partial charge on any atom is -0.482 e. The summed E-state index contributed by atoms with van der Waals surface area (Å²) in [6.07, 6.45) is 3.02. The molecule has 1 aliphatic rings. The van der Waals surface area contributed by atoms with E-state index in [1.807, 2.05) is 36.1 Å². The number of rotatable bonds is 5.